The van der Waals surface area contributed by atoms with Gasteiger partial charge in [0.2, 0.25) is 11.8 Å². The van der Waals surface area contributed by atoms with Crippen LogP contribution in [0.4, 0.5) is 8.78 Å². The lowest BCUT2D eigenvalue weighted by molar-refractivity contribution is -0.140. The highest BCUT2D eigenvalue weighted by Crippen LogP contribution is 2.17. The Kier molecular flexibility index (Phi) is 4.13. The zero-order valence-electron chi connectivity index (χ0n) is 11.3. The topological polar surface area (TPSA) is 49.4 Å². The molecule has 2 amide bonds. The van der Waals surface area contributed by atoms with Crippen molar-refractivity contribution < 1.29 is 18.4 Å². The molecule has 108 valence electrons. The van der Waals surface area contributed by atoms with Crippen molar-refractivity contribution in [2.75, 3.05) is 0 Å². The number of hydrogen-bond acceptors (Lipinski definition) is 3. The third-order valence-corrected chi connectivity index (χ3v) is 3.25. The molecule has 6 heteroatoms. The molecule has 0 radical (unpaired) electrons. The van der Waals surface area contributed by atoms with Crippen molar-refractivity contribution in [1.29, 1.82) is 0 Å². The molecule has 0 saturated carbocycles. The van der Waals surface area contributed by atoms with Crippen molar-refractivity contribution in [3.63, 3.8) is 0 Å². The van der Waals surface area contributed by atoms with Gasteiger partial charge in [-0.2, -0.15) is 0 Å². The van der Waals surface area contributed by atoms with Crippen LogP contribution in [0, 0.1) is 11.6 Å². The Morgan fingerprint density at radius 3 is 2.65 bits per heavy atom. The van der Waals surface area contributed by atoms with E-state index in [0.717, 1.165) is 18.2 Å². The average Bonchev–Trinajstić information content (AvgIpc) is 2.65. The lowest BCUT2D eigenvalue weighted by Crippen LogP contribution is -2.41. The third-order valence-electron chi connectivity index (χ3n) is 3.25. The van der Waals surface area contributed by atoms with E-state index in [1.807, 2.05) is 0 Å². The molecule has 1 heterocycles. The summed E-state index contributed by atoms with van der Waals surface area (Å²) in [4.78, 5) is 24.9. The number of hydrogen-bond donors (Lipinski definition) is 1. The Bertz CT molecular complexity index is 546. The van der Waals surface area contributed by atoms with E-state index in [2.05, 4.69) is 5.32 Å². The molecule has 1 aliphatic heterocycles. The van der Waals surface area contributed by atoms with Crippen LogP contribution in [-0.2, 0) is 16.1 Å². The molecule has 1 aromatic carbocycles. The maximum atomic E-state index is 13.5. The summed E-state index contributed by atoms with van der Waals surface area (Å²) < 4.78 is 26.5. The van der Waals surface area contributed by atoms with Gasteiger partial charge in [0.05, 0.1) is 12.5 Å². The number of imide groups is 1. The van der Waals surface area contributed by atoms with Crippen molar-refractivity contribution in [1.82, 2.24) is 10.2 Å². The molecule has 20 heavy (non-hydrogen) atoms. The Morgan fingerprint density at radius 2 is 2.05 bits per heavy atom. The number of rotatable bonds is 4. The summed E-state index contributed by atoms with van der Waals surface area (Å²) in [7, 11) is 0. The Labute approximate surface area is 115 Å². The van der Waals surface area contributed by atoms with Crippen LogP contribution in [0.1, 0.15) is 25.8 Å². The summed E-state index contributed by atoms with van der Waals surface area (Å²) in [5.74, 6) is -1.65. The second-order valence-electron chi connectivity index (χ2n) is 5.07. The first-order chi connectivity index (χ1) is 9.40. The van der Waals surface area contributed by atoms with Crippen LogP contribution >= 0.6 is 0 Å². The summed E-state index contributed by atoms with van der Waals surface area (Å²) in [6.07, 6.45) is 0.0496. The van der Waals surface area contributed by atoms with Gasteiger partial charge in [0.25, 0.3) is 0 Å². The minimum atomic E-state index is -0.674. The molecule has 1 aromatic rings. The number of nitrogens with zero attached hydrogens (tertiary/aromatic N) is 1. The molecule has 4 nitrogen and oxygen atoms in total. The van der Waals surface area contributed by atoms with E-state index < -0.39 is 17.7 Å². The maximum absolute atomic E-state index is 13.5. The number of carbonyl (C=O) groups excluding carboxylic acids is 2. The van der Waals surface area contributed by atoms with Gasteiger partial charge in [0, 0.05) is 18.2 Å². The van der Waals surface area contributed by atoms with Crippen molar-refractivity contribution in [2.24, 2.45) is 0 Å². The van der Waals surface area contributed by atoms with Crippen molar-refractivity contribution in [3.8, 4) is 0 Å². The molecule has 0 bridgehead atoms. The minimum absolute atomic E-state index is 0.000779. The van der Waals surface area contributed by atoms with Gasteiger partial charge in [-0.25, -0.2) is 8.78 Å². The average molecular weight is 282 g/mol. The summed E-state index contributed by atoms with van der Waals surface area (Å²) in [6.45, 7) is 3.51. The van der Waals surface area contributed by atoms with Crippen LogP contribution in [-0.4, -0.2) is 28.8 Å². The number of halogens is 2. The Balaban J connectivity index is 2.03. The number of benzene rings is 1. The van der Waals surface area contributed by atoms with E-state index >= 15 is 0 Å². The molecule has 0 spiro atoms. The molecule has 0 aliphatic carbocycles. The maximum Gasteiger partial charge on any atom is 0.247 e. The van der Waals surface area contributed by atoms with Crippen LogP contribution in [0.2, 0.25) is 0 Å². The number of amides is 2. The molecule has 1 fully saturated rings. The fraction of sp³-hybridized carbons (Fsp3) is 0.429. The fourth-order valence-corrected chi connectivity index (χ4v) is 2.26. The summed E-state index contributed by atoms with van der Waals surface area (Å²) in [5.41, 5.74) is 0.133. The van der Waals surface area contributed by atoms with Gasteiger partial charge in [-0.3, -0.25) is 14.5 Å². The zero-order valence-corrected chi connectivity index (χ0v) is 11.3. The molecular formula is C14H16F2N2O2. The van der Waals surface area contributed by atoms with Crippen LogP contribution in [0.3, 0.4) is 0 Å². The summed E-state index contributed by atoms with van der Waals surface area (Å²) >= 11 is 0. The lowest BCUT2D eigenvalue weighted by Gasteiger charge is -2.19. The monoisotopic (exact) mass is 282 g/mol. The van der Waals surface area contributed by atoms with Crippen LogP contribution in [0.25, 0.3) is 0 Å². The van der Waals surface area contributed by atoms with Gasteiger partial charge in [-0.1, -0.05) is 0 Å². The lowest BCUT2D eigenvalue weighted by atomic mass is 10.1. The van der Waals surface area contributed by atoms with Gasteiger partial charge in [-0.05, 0) is 32.0 Å². The summed E-state index contributed by atoms with van der Waals surface area (Å²) in [6, 6.07) is 2.27. The molecule has 1 unspecified atom stereocenters. The van der Waals surface area contributed by atoms with Gasteiger partial charge in [-0.15, -0.1) is 0 Å². The molecular weight excluding hydrogens is 266 g/mol. The van der Waals surface area contributed by atoms with Gasteiger partial charge >= 0.3 is 0 Å². The quantitative estimate of drug-likeness (QED) is 0.853. The largest absolute Gasteiger partial charge is 0.301 e. The SMILES string of the molecule is CC(C)N1C(=O)CC(NCc2cc(F)ccc2F)C1=O. The van der Waals surface area contributed by atoms with Crippen molar-refractivity contribution in [3.05, 3.63) is 35.4 Å². The van der Waals surface area contributed by atoms with Gasteiger partial charge < -0.3 is 5.32 Å². The van der Waals surface area contributed by atoms with Crippen LogP contribution < -0.4 is 5.32 Å². The van der Waals surface area contributed by atoms with E-state index in [0.29, 0.717) is 0 Å². The second-order valence-corrected chi connectivity index (χ2v) is 5.07. The second kappa shape index (κ2) is 5.66. The number of likely N-dealkylation sites (tertiary alicyclic amines) is 1. The molecule has 2 rings (SSSR count). The van der Waals surface area contributed by atoms with Gasteiger partial charge in [0.1, 0.15) is 11.6 Å². The van der Waals surface area contributed by atoms with E-state index in [1.54, 1.807) is 13.8 Å². The Hall–Kier alpha value is -1.82. The van der Waals surface area contributed by atoms with Crippen LogP contribution in [0.5, 0.6) is 0 Å². The number of nitrogens with one attached hydrogen (secondary N) is 1. The van der Waals surface area contributed by atoms with Crippen LogP contribution in [0.15, 0.2) is 18.2 Å². The molecule has 1 N–H and O–H groups in total. The highest BCUT2D eigenvalue weighted by Gasteiger charge is 2.39. The van der Waals surface area contributed by atoms with Crippen molar-refractivity contribution >= 4 is 11.8 Å². The third kappa shape index (κ3) is 2.85. The predicted octanol–water partition coefficient (Wildman–Crippen LogP) is 1.59. The van der Waals surface area contributed by atoms with Crippen molar-refractivity contribution in [2.45, 2.75) is 38.9 Å². The first-order valence-electron chi connectivity index (χ1n) is 6.43. The highest BCUT2D eigenvalue weighted by molar-refractivity contribution is 6.05. The zero-order chi connectivity index (χ0) is 14.9. The molecule has 1 aliphatic rings. The molecule has 0 aromatic heterocycles. The van der Waals surface area contributed by atoms with E-state index in [-0.39, 0.29) is 36.4 Å². The fourth-order valence-electron chi connectivity index (χ4n) is 2.26. The summed E-state index contributed by atoms with van der Waals surface area (Å²) in [5, 5.41) is 2.81. The van der Waals surface area contributed by atoms with E-state index in [4.69, 9.17) is 0 Å². The normalized spacial score (nSPS) is 19.2. The highest BCUT2D eigenvalue weighted by atomic mass is 19.1. The predicted molar refractivity (Wildman–Crippen MR) is 68.6 cm³/mol. The van der Waals surface area contributed by atoms with Gasteiger partial charge in [0.15, 0.2) is 0 Å². The molecule has 1 saturated heterocycles. The van der Waals surface area contributed by atoms with E-state index in [9.17, 15) is 18.4 Å². The minimum Gasteiger partial charge on any atom is -0.301 e. The van der Waals surface area contributed by atoms with E-state index in [1.165, 1.54) is 4.90 Å². The standard InChI is InChI=1S/C14H16F2N2O2/c1-8(2)18-13(19)6-12(14(18)20)17-7-9-5-10(15)3-4-11(9)16/h3-5,8,12,17H,6-7H2,1-2H3. The smallest absolute Gasteiger partial charge is 0.247 e. The Morgan fingerprint density at radius 1 is 1.35 bits per heavy atom. The first-order valence-corrected chi connectivity index (χ1v) is 6.43. The number of carbonyl (C=O) groups is 2. The first kappa shape index (κ1) is 14.6. The molecule has 1 atom stereocenters.